The minimum absolute atomic E-state index is 0.105. The Hall–Kier alpha value is -8.60. The summed E-state index contributed by atoms with van der Waals surface area (Å²) in [5.74, 6) is 1.44. The molecule has 4 nitrogen and oxygen atoms in total. The molecule has 2 aromatic heterocycles. The Morgan fingerprint density at radius 2 is 0.529 bits per heavy atom. The largest absolute Gasteiger partial charge is 0.228 e. The van der Waals surface area contributed by atoms with Crippen LogP contribution in [0, 0.1) is 0 Å². The van der Waals surface area contributed by atoms with Crippen LogP contribution in [-0.2, 0) is 5.41 Å². The van der Waals surface area contributed by atoms with Crippen molar-refractivity contribution in [1.82, 2.24) is 19.9 Å². The highest BCUT2D eigenvalue weighted by Crippen LogP contribution is 2.46. The lowest BCUT2D eigenvalue weighted by molar-refractivity contribution is 0.346. The maximum Gasteiger partial charge on any atom is 0.160 e. The van der Waals surface area contributed by atoms with Crippen molar-refractivity contribution in [2.24, 2.45) is 0 Å². The van der Waals surface area contributed by atoms with Gasteiger partial charge in [0.2, 0.25) is 0 Å². The van der Waals surface area contributed by atoms with Crippen molar-refractivity contribution in [3.8, 4) is 67.8 Å². The van der Waals surface area contributed by atoms with Crippen molar-refractivity contribution in [2.45, 2.75) is 37.5 Å². The van der Waals surface area contributed by atoms with Gasteiger partial charge in [-0.3, -0.25) is 0 Å². The maximum absolute atomic E-state index is 5.28. The highest BCUT2D eigenvalue weighted by molar-refractivity contribution is 5.91. The van der Waals surface area contributed by atoms with Gasteiger partial charge in [-0.1, -0.05) is 213 Å². The first-order chi connectivity index (χ1) is 34.6. The summed E-state index contributed by atoms with van der Waals surface area (Å²) in [7, 11) is 0. The zero-order valence-electron chi connectivity index (χ0n) is 38.8. The Labute approximate surface area is 408 Å². The molecule has 4 heteroatoms. The van der Waals surface area contributed by atoms with Gasteiger partial charge in [0.25, 0.3) is 0 Å². The number of benzene rings is 10. The molecule has 0 unspecified atom stereocenters. The van der Waals surface area contributed by atoms with Gasteiger partial charge in [0.05, 0.1) is 22.8 Å². The third kappa shape index (κ3) is 7.78. The van der Waals surface area contributed by atoms with Crippen molar-refractivity contribution in [3.05, 3.63) is 242 Å². The van der Waals surface area contributed by atoms with Crippen molar-refractivity contribution in [3.63, 3.8) is 0 Å². The number of aromatic nitrogens is 4. The third-order valence-electron chi connectivity index (χ3n) is 14.7. The SMILES string of the molecule is c1ccc2cc(-c3cc(-c4ccc(C5(c6ccc(-c7cc(-c8ccc9ccccc9c8)nc(-c8ccc9ccccc9c8)n7)cc6)CCCCC5)cc4)nc(-c4ccc5ccccc5c4)n3)ccc2c1. The first kappa shape index (κ1) is 41.6. The quantitative estimate of drug-likeness (QED) is 0.152. The van der Waals surface area contributed by atoms with E-state index in [9.17, 15) is 0 Å². The molecule has 0 N–H and O–H groups in total. The number of hydrogen-bond acceptors (Lipinski definition) is 4. The first-order valence-electron chi connectivity index (χ1n) is 24.6. The molecule has 13 rings (SSSR count). The predicted molar refractivity (Wildman–Crippen MR) is 291 cm³/mol. The lowest BCUT2D eigenvalue weighted by atomic mass is 9.65. The molecular formula is C66H48N4. The molecule has 0 radical (unpaired) electrons. The van der Waals surface area contributed by atoms with Gasteiger partial charge in [0, 0.05) is 38.8 Å². The van der Waals surface area contributed by atoms with E-state index in [4.69, 9.17) is 19.9 Å². The minimum Gasteiger partial charge on any atom is -0.228 e. The van der Waals surface area contributed by atoms with Gasteiger partial charge < -0.3 is 0 Å². The molecule has 0 bridgehead atoms. The van der Waals surface area contributed by atoms with Crippen LogP contribution in [0.1, 0.15) is 43.2 Å². The fourth-order valence-corrected chi connectivity index (χ4v) is 10.9. The van der Waals surface area contributed by atoms with Gasteiger partial charge in [-0.15, -0.1) is 0 Å². The van der Waals surface area contributed by atoms with Crippen LogP contribution in [0.25, 0.3) is 111 Å². The van der Waals surface area contributed by atoms with Gasteiger partial charge in [-0.2, -0.15) is 0 Å². The molecule has 1 fully saturated rings. The van der Waals surface area contributed by atoms with Crippen LogP contribution in [0.15, 0.2) is 231 Å². The summed E-state index contributed by atoms with van der Waals surface area (Å²) in [5, 5.41) is 9.55. The van der Waals surface area contributed by atoms with E-state index in [1.165, 1.54) is 73.5 Å². The Morgan fingerprint density at radius 1 is 0.243 bits per heavy atom. The molecule has 0 amide bonds. The maximum atomic E-state index is 5.28. The smallest absolute Gasteiger partial charge is 0.160 e. The third-order valence-corrected chi connectivity index (χ3v) is 14.7. The summed E-state index contributed by atoms with van der Waals surface area (Å²) >= 11 is 0. The summed E-state index contributed by atoms with van der Waals surface area (Å²) in [6, 6.07) is 83.1. The lowest BCUT2D eigenvalue weighted by Crippen LogP contribution is -2.30. The van der Waals surface area contributed by atoms with Crippen LogP contribution < -0.4 is 0 Å². The van der Waals surface area contributed by atoms with E-state index in [-0.39, 0.29) is 5.41 Å². The van der Waals surface area contributed by atoms with Crippen LogP contribution in [0.5, 0.6) is 0 Å². The Kier molecular flexibility index (Phi) is 10.4. The summed E-state index contributed by atoms with van der Waals surface area (Å²) < 4.78 is 0. The van der Waals surface area contributed by atoms with Crippen LogP contribution >= 0.6 is 0 Å². The second-order valence-corrected chi connectivity index (χ2v) is 19.0. The molecule has 0 spiro atoms. The van der Waals surface area contributed by atoms with E-state index < -0.39 is 0 Å². The monoisotopic (exact) mass is 896 g/mol. The van der Waals surface area contributed by atoms with E-state index in [0.717, 1.165) is 80.6 Å². The fraction of sp³-hybridized carbons (Fsp3) is 0.0909. The molecule has 0 atom stereocenters. The van der Waals surface area contributed by atoms with Crippen LogP contribution in [0.3, 0.4) is 0 Å². The lowest BCUT2D eigenvalue weighted by Gasteiger charge is -2.39. The van der Waals surface area contributed by atoms with Crippen molar-refractivity contribution < 1.29 is 0 Å². The zero-order valence-corrected chi connectivity index (χ0v) is 38.8. The van der Waals surface area contributed by atoms with E-state index in [2.05, 4.69) is 231 Å². The molecule has 0 aliphatic heterocycles. The van der Waals surface area contributed by atoms with Crippen LogP contribution in [0.2, 0.25) is 0 Å². The number of hydrogen-bond donors (Lipinski definition) is 0. The van der Waals surface area contributed by atoms with E-state index in [1.807, 2.05) is 0 Å². The Morgan fingerprint density at radius 3 is 0.886 bits per heavy atom. The normalized spacial score (nSPS) is 13.5. The fourth-order valence-electron chi connectivity index (χ4n) is 10.9. The zero-order chi connectivity index (χ0) is 46.4. The standard InChI is InChI=1S/C66H48N4/c1-10-36-66(37-11-1,58-32-28-48(29-33-58)60-42-62(54-24-20-44-12-2-6-16-50(44)38-54)69-64(67-60)56-26-22-46-14-4-8-18-52(46)40-56)59-34-30-49(31-35-59)61-43-63(55-25-21-45-13-3-7-17-51(45)39-55)70-65(68-61)57-27-23-47-15-5-9-19-53(47)41-57/h2-9,12-35,38-43H,1,10-11,36-37H2. The summed E-state index contributed by atoms with van der Waals surface area (Å²) in [6.07, 6.45) is 5.84. The molecule has 0 saturated heterocycles. The summed E-state index contributed by atoms with van der Waals surface area (Å²) in [4.78, 5) is 21.0. The molecule has 1 saturated carbocycles. The highest BCUT2D eigenvalue weighted by Gasteiger charge is 2.36. The molecule has 1 aliphatic carbocycles. The molecule has 2 heterocycles. The van der Waals surface area contributed by atoms with Crippen molar-refractivity contribution >= 4 is 43.1 Å². The average Bonchev–Trinajstić information content (AvgIpc) is 3.44. The number of nitrogens with zero attached hydrogens (tertiary/aromatic N) is 4. The molecule has 332 valence electrons. The molecule has 70 heavy (non-hydrogen) atoms. The van der Waals surface area contributed by atoms with Gasteiger partial charge in [0.1, 0.15) is 0 Å². The van der Waals surface area contributed by atoms with Gasteiger partial charge in [0.15, 0.2) is 11.6 Å². The second kappa shape index (κ2) is 17.5. The van der Waals surface area contributed by atoms with Gasteiger partial charge >= 0.3 is 0 Å². The highest BCUT2D eigenvalue weighted by atomic mass is 14.9. The van der Waals surface area contributed by atoms with Crippen molar-refractivity contribution in [1.29, 1.82) is 0 Å². The average molecular weight is 897 g/mol. The first-order valence-corrected chi connectivity index (χ1v) is 24.6. The Balaban J connectivity index is 0.870. The Bertz CT molecular complexity index is 3480. The number of rotatable bonds is 8. The second-order valence-electron chi connectivity index (χ2n) is 19.0. The minimum atomic E-state index is -0.105. The van der Waals surface area contributed by atoms with Gasteiger partial charge in [-0.05, 0) is 103 Å². The molecular weight excluding hydrogens is 849 g/mol. The van der Waals surface area contributed by atoms with Crippen molar-refractivity contribution in [2.75, 3.05) is 0 Å². The van der Waals surface area contributed by atoms with E-state index in [0.29, 0.717) is 0 Å². The number of fused-ring (bicyclic) bond motifs is 4. The van der Waals surface area contributed by atoms with E-state index in [1.54, 1.807) is 0 Å². The topological polar surface area (TPSA) is 51.6 Å². The molecule has 10 aromatic carbocycles. The summed E-state index contributed by atoms with van der Waals surface area (Å²) in [6.45, 7) is 0. The van der Waals surface area contributed by atoms with E-state index >= 15 is 0 Å². The predicted octanol–water partition coefficient (Wildman–Crippen LogP) is 17.1. The van der Waals surface area contributed by atoms with Crippen LogP contribution in [0.4, 0.5) is 0 Å². The molecule has 12 aromatic rings. The van der Waals surface area contributed by atoms with Crippen LogP contribution in [-0.4, -0.2) is 19.9 Å². The van der Waals surface area contributed by atoms with Gasteiger partial charge in [-0.25, -0.2) is 19.9 Å². The molecule has 1 aliphatic rings. The summed E-state index contributed by atoms with van der Waals surface area (Å²) in [5.41, 5.74) is 12.5.